The number of aliphatic hydroxyl groups is 1. The fourth-order valence-electron chi connectivity index (χ4n) is 7.28. The Labute approximate surface area is 289 Å². The van der Waals surface area contributed by atoms with Crippen molar-refractivity contribution in [2.24, 2.45) is 5.92 Å². The Morgan fingerprint density at radius 1 is 0.940 bits per heavy atom. The van der Waals surface area contributed by atoms with Gasteiger partial charge in [0, 0.05) is 66.8 Å². The average molecular weight is 690 g/mol. The largest absolute Gasteiger partial charge is 0.507 e. The topological polar surface area (TPSA) is 190 Å². The monoisotopic (exact) mass is 689 g/mol. The van der Waals surface area contributed by atoms with Crippen molar-refractivity contribution < 1.29 is 48.7 Å². The number of nitrogen functional groups attached to an aromatic ring is 1. The molecule has 50 heavy (non-hydrogen) atoms. The van der Waals surface area contributed by atoms with Gasteiger partial charge in [-0.2, -0.15) is 0 Å². The van der Waals surface area contributed by atoms with Crippen molar-refractivity contribution in [2.45, 2.75) is 57.1 Å². The van der Waals surface area contributed by atoms with Gasteiger partial charge in [0.1, 0.15) is 17.2 Å². The standard InChI is InChI=1S/C26H22N2O6.C11H21NO4/c1-34-18-4-2-3-16-19(18)25(32)21-20(23(16)30)24(31)17-11-12(5-10-15(17)22(21)29)26(33)28-14-8-6-13(27)7-9-14;1-8-11(13)9(3-5-15-8)12-4-6-16-10(7-12)14-2/h2-4,6-9,12,29,31H,5,10-11,27H2,1H3,(H,28,33);8-11,13H,3-7H2,1-2H3. The molecule has 1 amide bonds. The number of hydrogen-bond donors (Lipinski definition) is 5. The van der Waals surface area contributed by atoms with Gasteiger partial charge in [0.05, 0.1) is 42.6 Å². The summed E-state index contributed by atoms with van der Waals surface area (Å²) in [6, 6.07) is 11.5. The third-order valence-electron chi connectivity index (χ3n) is 10.0. The van der Waals surface area contributed by atoms with E-state index in [0.29, 0.717) is 35.5 Å². The summed E-state index contributed by atoms with van der Waals surface area (Å²) < 4.78 is 21.3. The van der Waals surface area contributed by atoms with Crippen LogP contribution in [0.2, 0.25) is 0 Å². The molecule has 4 aliphatic rings. The Hall–Kier alpha value is -4.53. The molecule has 3 aromatic rings. The van der Waals surface area contributed by atoms with Crippen molar-refractivity contribution >= 4 is 28.8 Å². The van der Waals surface area contributed by atoms with Crippen molar-refractivity contribution in [1.82, 2.24) is 4.90 Å². The molecule has 3 aromatic carbocycles. The van der Waals surface area contributed by atoms with Crippen molar-refractivity contribution in [3.05, 3.63) is 75.8 Å². The van der Waals surface area contributed by atoms with Crippen LogP contribution in [-0.4, -0.2) is 103 Å². The normalized spacial score (nSPS) is 24.6. The van der Waals surface area contributed by atoms with Crippen LogP contribution in [0, 0.1) is 5.92 Å². The minimum atomic E-state index is -0.583. The van der Waals surface area contributed by atoms with Crippen molar-refractivity contribution in [3.63, 3.8) is 0 Å². The van der Waals surface area contributed by atoms with Crippen LogP contribution in [0.1, 0.15) is 62.7 Å². The number of anilines is 2. The van der Waals surface area contributed by atoms with Gasteiger partial charge in [0.2, 0.25) is 11.7 Å². The van der Waals surface area contributed by atoms with Crippen LogP contribution in [0.3, 0.4) is 0 Å². The smallest absolute Gasteiger partial charge is 0.227 e. The number of ketones is 2. The Bertz CT molecular complexity index is 1780. The number of ether oxygens (including phenoxy) is 4. The number of aromatic hydroxyl groups is 2. The lowest BCUT2D eigenvalue weighted by atomic mass is 9.75. The van der Waals surface area contributed by atoms with E-state index >= 15 is 0 Å². The number of nitrogens with one attached hydrogen (secondary N) is 1. The highest BCUT2D eigenvalue weighted by molar-refractivity contribution is 6.31. The van der Waals surface area contributed by atoms with Gasteiger partial charge < -0.3 is 45.3 Å². The lowest BCUT2D eigenvalue weighted by Crippen LogP contribution is -2.57. The molecule has 5 atom stereocenters. The van der Waals surface area contributed by atoms with Crippen LogP contribution in [0.4, 0.5) is 11.4 Å². The third kappa shape index (κ3) is 6.66. The van der Waals surface area contributed by atoms with Crippen LogP contribution < -0.4 is 15.8 Å². The lowest BCUT2D eigenvalue weighted by molar-refractivity contribution is -0.190. The summed E-state index contributed by atoms with van der Waals surface area (Å²) in [5.41, 5.74) is 7.25. The van der Waals surface area contributed by atoms with E-state index in [9.17, 15) is 29.7 Å². The number of benzene rings is 3. The van der Waals surface area contributed by atoms with Gasteiger partial charge in [-0.05, 0) is 62.9 Å². The van der Waals surface area contributed by atoms with Gasteiger partial charge in [-0.1, -0.05) is 12.1 Å². The molecule has 0 bridgehead atoms. The molecular weight excluding hydrogens is 646 g/mol. The number of nitrogens with zero attached hydrogens (tertiary/aromatic N) is 1. The zero-order valence-electron chi connectivity index (χ0n) is 28.3. The van der Waals surface area contributed by atoms with Crippen molar-refractivity contribution in [1.29, 1.82) is 0 Å². The third-order valence-corrected chi connectivity index (χ3v) is 10.0. The summed E-state index contributed by atoms with van der Waals surface area (Å²) in [5, 5.41) is 35.1. The first-order valence-corrected chi connectivity index (χ1v) is 16.7. The van der Waals surface area contributed by atoms with Crippen LogP contribution >= 0.6 is 0 Å². The van der Waals surface area contributed by atoms with Crippen molar-refractivity contribution in [2.75, 3.05) is 51.6 Å². The Morgan fingerprint density at radius 2 is 1.66 bits per heavy atom. The Kier molecular flexibility index (Phi) is 10.4. The number of morpholine rings is 1. The average Bonchev–Trinajstić information content (AvgIpc) is 3.13. The van der Waals surface area contributed by atoms with Gasteiger partial charge in [0.15, 0.2) is 12.1 Å². The van der Waals surface area contributed by atoms with Crippen LogP contribution in [0.5, 0.6) is 17.2 Å². The molecule has 0 radical (unpaired) electrons. The maximum Gasteiger partial charge on any atom is 0.227 e. The molecule has 2 aliphatic carbocycles. The molecule has 13 heteroatoms. The SMILES string of the molecule is COC1CN(C2CCOC(C)C2O)CCO1.COc1cccc2c1C(=O)c1c(O)c3c(c(O)c1C2=O)CC(C(=O)Nc1ccc(N)cc1)CC3. The van der Waals surface area contributed by atoms with E-state index in [4.69, 9.17) is 24.7 Å². The first-order chi connectivity index (χ1) is 24.0. The summed E-state index contributed by atoms with van der Waals surface area (Å²) in [6.07, 6.45) is 1.01. The number of hydrogen-bond acceptors (Lipinski definition) is 12. The molecular formula is C37H43N3O10. The number of nitrogens with two attached hydrogens (primary N) is 1. The predicted octanol–water partition coefficient (Wildman–Crippen LogP) is 3.04. The Morgan fingerprint density at radius 3 is 2.38 bits per heavy atom. The fourth-order valence-corrected chi connectivity index (χ4v) is 7.28. The lowest BCUT2D eigenvalue weighted by Gasteiger charge is -2.43. The van der Waals surface area contributed by atoms with Crippen LogP contribution in [0.15, 0.2) is 42.5 Å². The molecule has 13 nitrogen and oxygen atoms in total. The van der Waals surface area contributed by atoms with Crippen molar-refractivity contribution in [3.8, 4) is 17.2 Å². The maximum atomic E-state index is 13.3. The minimum absolute atomic E-state index is 0.0636. The molecule has 0 saturated carbocycles. The summed E-state index contributed by atoms with van der Waals surface area (Å²) in [4.78, 5) is 41.7. The van der Waals surface area contributed by atoms with E-state index in [1.807, 2.05) is 6.92 Å². The number of methoxy groups -OCH3 is 2. The number of carbonyl (C=O) groups is 3. The van der Waals surface area contributed by atoms with Gasteiger partial charge in [-0.15, -0.1) is 0 Å². The predicted molar refractivity (Wildman–Crippen MR) is 183 cm³/mol. The molecule has 0 spiro atoms. The minimum Gasteiger partial charge on any atom is -0.507 e. The number of phenols is 2. The number of phenolic OH excluding ortho intramolecular Hbond substituents is 2. The number of aliphatic hydroxyl groups excluding tert-OH is 1. The summed E-state index contributed by atoms with van der Waals surface area (Å²) in [7, 11) is 3.04. The Balaban J connectivity index is 0.000000226. The summed E-state index contributed by atoms with van der Waals surface area (Å²) >= 11 is 0. The van der Waals surface area contributed by atoms with E-state index in [0.717, 1.165) is 26.1 Å². The molecule has 2 saturated heterocycles. The molecule has 2 aliphatic heterocycles. The second-order valence-corrected chi connectivity index (χ2v) is 12.9. The quantitative estimate of drug-likeness (QED) is 0.152. The highest BCUT2D eigenvalue weighted by Gasteiger charge is 2.41. The van der Waals surface area contributed by atoms with E-state index in [2.05, 4.69) is 10.2 Å². The molecule has 6 N–H and O–H groups in total. The van der Waals surface area contributed by atoms with Crippen LogP contribution in [-0.2, 0) is 31.8 Å². The van der Waals surface area contributed by atoms with Gasteiger partial charge >= 0.3 is 0 Å². The molecule has 5 unspecified atom stereocenters. The zero-order chi connectivity index (χ0) is 35.7. The van der Waals surface area contributed by atoms with Crippen LogP contribution in [0.25, 0.3) is 0 Å². The number of carbonyl (C=O) groups excluding carboxylic acids is 3. The first-order valence-electron chi connectivity index (χ1n) is 16.7. The second-order valence-electron chi connectivity index (χ2n) is 12.9. The fraction of sp³-hybridized carbons (Fsp3) is 0.432. The molecule has 7 rings (SSSR count). The first kappa shape index (κ1) is 35.3. The van der Waals surface area contributed by atoms with Gasteiger partial charge in [-0.3, -0.25) is 19.3 Å². The summed E-state index contributed by atoms with van der Waals surface area (Å²) in [5.74, 6) is -2.36. The van der Waals surface area contributed by atoms with E-state index in [1.54, 1.807) is 43.5 Å². The van der Waals surface area contributed by atoms with E-state index < -0.39 is 23.6 Å². The molecule has 2 fully saturated rings. The second kappa shape index (κ2) is 14.8. The number of rotatable bonds is 5. The number of fused-ring (bicyclic) bond motifs is 3. The highest BCUT2D eigenvalue weighted by Crippen LogP contribution is 2.47. The maximum absolute atomic E-state index is 13.3. The van der Waals surface area contributed by atoms with E-state index in [-0.39, 0.29) is 76.7 Å². The molecule has 266 valence electrons. The zero-order valence-corrected chi connectivity index (χ0v) is 28.3. The summed E-state index contributed by atoms with van der Waals surface area (Å²) in [6.45, 7) is 4.89. The van der Waals surface area contributed by atoms with Gasteiger partial charge in [0.25, 0.3) is 0 Å². The van der Waals surface area contributed by atoms with Gasteiger partial charge in [-0.25, -0.2) is 0 Å². The highest BCUT2D eigenvalue weighted by atomic mass is 16.7. The number of amides is 1. The van der Waals surface area contributed by atoms with E-state index in [1.165, 1.54) is 13.2 Å². The molecule has 0 aromatic heterocycles. The molecule has 2 heterocycles.